The van der Waals surface area contributed by atoms with E-state index < -0.39 is 0 Å². The first-order valence-corrected chi connectivity index (χ1v) is 10.2. The summed E-state index contributed by atoms with van der Waals surface area (Å²) in [4.78, 5) is 29.9. The van der Waals surface area contributed by atoms with E-state index in [9.17, 15) is 9.59 Å². The molecule has 5 heteroatoms. The van der Waals surface area contributed by atoms with Gasteiger partial charge in [0.1, 0.15) is 11.4 Å². The van der Waals surface area contributed by atoms with Gasteiger partial charge in [-0.25, -0.2) is 4.98 Å². The summed E-state index contributed by atoms with van der Waals surface area (Å²) in [6.45, 7) is 8.01. The first-order chi connectivity index (χ1) is 14.4. The highest BCUT2D eigenvalue weighted by Crippen LogP contribution is 2.23. The van der Waals surface area contributed by atoms with Crippen LogP contribution in [-0.2, 0) is 12.8 Å². The van der Waals surface area contributed by atoms with Gasteiger partial charge in [0.2, 0.25) is 0 Å². The lowest BCUT2D eigenvalue weighted by atomic mass is 10.1. The number of amides is 2. The van der Waals surface area contributed by atoms with Crippen LogP contribution in [0, 0.1) is 13.8 Å². The van der Waals surface area contributed by atoms with E-state index in [4.69, 9.17) is 0 Å². The zero-order valence-electron chi connectivity index (χ0n) is 17.9. The Morgan fingerprint density at radius 2 is 1.10 bits per heavy atom. The molecule has 154 valence electrons. The van der Waals surface area contributed by atoms with Crippen molar-refractivity contribution >= 4 is 23.2 Å². The Bertz CT molecular complexity index is 1010. The molecule has 0 unspecified atom stereocenters. The van der Waals surface area contributed by atoms with Gasteiger partial charge < -0.3 is 10.6 Å². The number of anilines is 2. The van der Waals surface area contributed by atoms with Crippen molar-refractivity contribution in [2.24, 2.45) is 0 Å². The van der Waals surface area contributed by atoms with Gasteiger partial charge in [-0.15, -0.1) is 0 Å². The zero-order valence-corrected chi connectivity index (χ0v) is 17.9. The van der Waals surface area contributed by atoms with Gasteiger partial charge in [-0.1, -0.05) is 56.3 Å². The molecule has 1 heterocycles. The largest absolute Gasteiger partial charge is 0.320 e. The average Bonchev–Trinajstić information content (AvgIpc) is 2.76. The maximum atomic E-state index is 12.8. The Hall–Kier alpha value is -3.47. The number of benzene rings is 2. The number of nitrogens with one attached hydrogen (secondary N) is 2. The number of aryl methyl sites for hydroxylation is 4. The number of hydrogen-bond donors (Lipinski definition) is 2. The fraction of sp³-hybridized carbons (Fsp3) is 0.240. The number of rotatable bonds is 6. The van der Waals surface area contributed by atoms with Crippen molar-refractivity contribution in [2.45, 2.75) is 40.5 Å². The molecule has 1 aromatic heterocycles. The Morgan fingerprint density at radius 3 is 1.50 bits per heavy atom. The highest BCUT2D eigenvalue weighted by atomic mass is 16.2. The van der Waals surface area contributed by atoms with Crippen LogP contribution < -0.4 is 10.6 Å². The molecule has 2 aromatic carbocycles. The number of pyridine rings is 1. The molecular weight excluding hydrogens is 374 g/mol. The Labute approximate surface area is 177 Å². The summed E-state index contributed by atoms with van der Waals surface area (Å²) in [5, 5.41) is 5.91. The molecule has 3 rings (SSSR count). The van der Waals surface area contributed by atoms with E-state index in [0.29, 0.717) is 0 Å². The number of aromatic nitrogens is 1. The number of carbonyl (C=O) groups excluding carboxylic acids is 2. The second-order valence-electron chi connectivity index (χ2n) is 7.24. The van der Waals surface area contributed by atoms with E-state index in [-0.39, 0.29) is 23.2 Å². The minimum absolute atomic E-state index is 0.202. The van der Waals surface area contributed by atoms with Crippen molar-refractivity contribution in [3.05, 3.63) is 88.2 Å². The van der Waals surface area contributed by atoms with E-state index in [0.717, 1.165) is 46.5 Å². The van der Waals surface area contributed by atoms with Gasteiger partial charge in [0.25, 0.3) is 11.8 Å². The smallest absolute Gasteiger partial charge is 0.274 e. The van der Waals surface area contributed by atoms with Crippen LogP contribution in [0.5, 0.6) is 0 Å². The maximum absolute atomic E-state index is 12.8. The molecule has 3 aromatic rings. The van der Waals surface area contributed by atoms with Gasteiger partial charge >= 0.3 is 0 Å². The number of hydrogen-bond acceptors (Lipinski definition) is 3. The van der Waals surface area contributed by atoms with Crippen LogP contribution in [0.15, 0.2) is 54.6 Å². The molecule has 0 aliphatic heterocycles. The quantitative estimate of drug-likeness (QED) is 0.587. The monoisotopic (exact) mass is 401 g/mol. The fourth-order valence-electron chi connectivity index (χ4n) is 3.45. The van der Waals surface area contributed by atoms with Crippen LogP contribution >= 0.6 is 0 Å². The lowest BCUT2D eigenvalue weighted by Gasteiger charge is -2.14. The van der Waals surface area contributed by atoms with Crippen molar-refractivity contribution in [1.29, 1.82) is 0 Å². The highest BCUT2D eigenvalue weighted by Gasteiger charge is 2.16. The van der Waals surface area contributed by atoms with E-state index in [1.54, 1.807) is 18.2 Å². The van der Waals surface area contributed by atoms with E-state index in [2.05, 4.69) is 15.6 Å². The zero-order chi connectivity index (χ0) is 21.7. The molecule has 0 fully saturated rings. The molecule has 0 radical (unpaired) electrons. The third kappa shape index (κ3) is 4.57. The number of carbonyl (C=O) groups is 2. The molecule has 0 aliphatic carbocycles. The Kier molecular flexibility index (Phi) is 6.62. The van der Waals surface area contributed by atoms with Crippen LogP contribution in [0.4, 0.5) is 11.4 Å². The molecule has 2 N–H and O–H groups in total. The predicted molar refractivity (Wildman–Crippen MR) is 121 cm³/mol. The van der Waals surface area contributed by atoms with E-state index in [1.165, 1.54) is 0 Å². The SMILES string of the molecule is CCc1cccc(C)c1NC(=O)c1cccc(C(=O)Nc2c(C)cccc2CC)n1. The molecule has 0 saturated heterocycles. The summed E-state index contributed by atoms with van der Waals surface area (Å²) in [6, 6.07) is 16.8. The molecule has 30 heavy (non-hydrogen) atoms. The number of nitrogens with zero attached hydrogens (tertiary/aromatic N) is 1. The molecule has 2 amide bonds. The summed E-state index contributed by atoms with van der Waals surface area (Å²) in [5.41, 5.74) is 6.10. The third-order valence-corrected chi connectivity index (χ3v) is 5.17. The standard InChI is InChI=1S/C25H27N3O2/c1-5-18-12-7-10-16(3)22(18)27-24(29)20-14-9-15-21(26-20)25(30)28-23-17(4)11-8-13-19(23)6-2/h7-15H,5-6H2,1-4H3,(H,27,29)(H,28,30). The first-order valence-electron chi connectivity index (χ1n) is 10.2. The second kappa shape index (κ2) is 9.35. The van der Waals surface area contributed by atoms with E-state index >= 15 is 0 Å². The highest BCUT2D eigenvalue weighted by molar-refractivity contribution is 6.07. The molecule has 0 saturated carbocycles. The predicted octanol–water partition coefficient (Wildman–Crippen LogP) is 5.33. The van der Waals surface area contributed by atoms with Crippen molar-refractivity contribution in [3.63, 3.8) is 0 Å². The minimum atomic E-state index is -0.334. The lowest BCUT2D eigenvalue weighted by Crippen LogP contribution is -2.20. The first kappa shape index (κ1) is 21.2. The van der Waals surface area contributed by atoms with Gasteiger partial charge in [0, 0.05) is 11.4 Å². The normalized spacial score (nSPS) is 10.5. The van der Waals surface area contributed by atoms with Crippen molar-refractivity contribution < 1.29 is 9.59 Å². The molecule has 5 nitrogen and oxygen atoms in total. The van der Waals surface area contributed by atoms with Crippen molar-refractivity contribution in [2.75, 3.05) is 10.6 Å². The Balaban J connectivity index is 1.83. The summed E-state index contributed by atoms with van der Waals surface area (Å²) in [6.07, 6.45) is 1.62. The summed E-state index contributed by atoms with van der Waals surface area (Å²) in [5.74, 6) is -0.669. The van der Waals surface area contributed by atoms with Gasteiger partial charge in [-0.3, -0.25) is 9.59 Å². The van der Waals surface area contributed by atoms with Crippen LogP contribution in [0.3, 0.4) is 0 Å². The Morgan fingerprint density at radius 1 is 0.700 bits per heavy atom. The number of para-hydroxylation sites is 2. The summed E-state index contributed by atoms with van der Waals surface area (Å²) in [7, 11) is 0. The second-order valence-corrected chi connectivity index (χ2v) is 7.24. The fourth-order valence-corrected chi connectivity index (χ4v) is 3.45. The minimum Gasteiger partial charge on any atom is -0.320 e. The molecule has 0 atom stereocenters. The third-order valence-electron chi connectivity index (χ3n) is 5.17. The van der Waals surface area contributed by atoms with E-state index in [1.807, 2.05) is 64.1 Å². The topological polar surface area (TPSA) is 71.1 Å². The van der Waals surface area contributed by atoms with Crippen LogP contribution in [-0.4, -0.2) is 16.8 Å². The van der Waals surface area contributed by atoms with Gasteiger partial charge in [0.15, 0.2) is 0 Å². The maximum Gasteiger partial charge on any atom is 0.274 e. The van der Waals surface area contributed by atoms with Crippen LogP contribution in [0.1, 0.15) is 57.1 Å². The molecule has 0 aliphatic rings. The van der Waals surface area contributed by atoms with Crippen molar-refractivity contribution in [1.82, 2.24) is 4.98 Å². The van der Waals surface area contributed by atoms with Crippen LogP contribution in [0.2, 0.25) is 0 Å². The van der Waals surface area contributed by atoms with Crippen molar-refractivity contribution in [3.8, 4) is 0 Å². The van der Waals surface area contributed by atoms with Gasteiger partial charge in [0.05, 0.1) is 0 Å². The molecule has 0 spiro atoms. The molecular formula is C25H27N3O2. The average molecular weight is 402 g/mol. The summed E-state index contributed by atoms with van der Waals surface area (Å²) < 4.78 is 0. The van der Waals surface area contributed by atoms with Gasteiger partial charge in [-0.05, 0) is 61.1 Å². The lowest BCUT2D eigenvalue weighted by molar-refractivity contribution is 0.101. The van der Waals surface area contributed by atoms with Gasteiger partial charge in [-0.2, -0.15) is 0 Å². The molecule has 0 bridgehead atoms. The summed E-state index contributed by atoms with van der Waals surface area (Å²) >= 11 is 0. The van der Waals surface area contributed by atoms with Crippen LogP contribution in [0.25, 0.3) is 0 Å².